The van der Waals surface area contributed by atoms with Gasteiger partial charge in [-0.25, -0.2) is 0 Å². The Morgan fingerprint density at radius 2 is 2.27 bits per heavy atom. The molecular formula is C7H14N2O2. The molecule has 0 amide bonds. The minimum Gasteiger partial charge on any atom is -0.481 e. The fraction of sp³-hybridized carbons (Fsp3) is 0.857. The van der Waals surface area contributed by atoms with Crippen molar-refractivity contribution in [3.05, 3.63) is 0 Å². The first-order chi connectivity index (χ1) is 5.18. The molecular weight excluding hydrogens is 144 g/mol. The molecule has 4 nitrogen and oxygen atoms in total. The number of nitrogens with two attached hydrogens (primary N) is 1. The zero-order valence-electron chi connectivity index (χ0n) is 6.49. The van der Waals surface area contributed by atoms with Crippen LogP contribution in [0.25, 0.3) is 0 Å². The number of nitrogens with zero attached hydrogens (tertiary/aromatic N) is 1. The lowest BCUT2D eigenvalue weighted by molar-refractivity contribution is -0.137. The Morgan fingerprint density at radius 1 is 1.64 bits per heavy atom. The summed E-state index contributed by atoms with van der Waals surface area (Å²) < 4.78 is 0. The van der Waals surface area contributed by atoms with E-state index in [-0.39, 0.29) is 12.5 Å². The summed E-state index contributed by atoms with van der Waals surface area (Å²) >= 11 is 0. The highest BCUT2D eigenvalue weighted by atomic mass is 16.4. The third-order valence-electron chi connectivity index (χ3n) is 1.88. The molecule has 1 heterocycles. The van der Waals surface area contributed by atoms with Gasteiger partial charge in [0.05, 0.1) is 6.42 Å². The molecule has 0 bridgehead atoms. The number of carboxylic acid groups (broad SMARTS) is 1. The maximum atomic E-state index is 10.2. The molecule has 0 aliphatic carbocycles. The highest BCUT2D eigenvalue weighted by Crippen LogP contribution is 2.06. The second-order valence-electron chi connectivity index (χ2n) is 3.01. The van der Waals surface area contributed by atoms with Crippen LogP contribution < -0.4 is 5.73 Å². The van der Waals surface area contributed by atoms with E-state index in [9.17, 15) is 4.79 Å². The summed E-state index contributed by atoms with van der Waals surface area (Å²) in [6.45, 7) is 2.88. The molecule has 0 spiro atoms. The molecule has 0 aromatic carbocycles. The van der Waals surface area contributed by atoms with Gasteiger partial charge in [-0.15, -0.1) is 0 Å². The molecule has 4 heteroatoms. The summed E-state index contributed by atoms with van der Waals surface area (Å²) in [4.78, 5) is 12.4. The normalized spacial score (nSPS) is 20.8. The van der Waals surface area contributed by atoms with E-state index < -0.39 is 5.97 Å². The number of likely N-dealkylation sites (tertiary alicyclic amines) is 1. The van der Waals surface area contributed by atoms with Crippen molar-refractivity contribution in [3.8, 4) is 0 Å². The first-order valence-electron chi connectivity index (χ1n) is 3.88. The van der Waals surface area contributed by atoms with Crippen molar-refractivity contribution in [1.29, 1.82) is 0 Å². The smallest absolute Gasteiger partial charge is 0.304 e. The average molecular weight is 158 g/mol. The highest BCUT2D eigenvalue weighted by Gasteiger charge is 2.17. The second-order valence-corrected chi connectivity index (χ2v) is 3.01. The fourth-order valence-electron chi connectivity index (χ4n) is 1.18. The molecule has 11 heavy (non-hydrogen) atoms. The van der Waals surface area contributed by atoms with Crippen molar-refractivity contribution in [2.45, 2.75) is 18.9 Å². The number of carbonyl (C=O) groups is 1. The fourth-order valence-corrected chi connectivity index (χ4v) is 1.18. The first-order valence-corrected chi connectivity index (χ1v) is 3.88. The lowest BCUT2D eigenvalue weighted by atomic mass is 10.1. The van der Waals surface area contributed by atoms with Crippen LogP contribution in [-0.4, -0.2) is 41.7 Å². The number of carboxylic acids is 1. The van der Waals surface area contributed by atoms with Gasteiger partial charge < -0.3 is 15.7 Å². The Bertz CT molecular complexity index is 145. The Hall–Kier alpha value is -0.610. The Kier molecular flexibility index (Phi) is 2.84. The first kappa shape index (κ1) is 8.49. The van der Waals surface area contributed by atoms with Crippen molar-refractivity contribution in [2.24, 2.45) is 5.73 Å². The third kappa shape index (κ3) is 2.86. The van der Waals surface area contributed by atoms with Gasteiger partial charge in [-0.1, -0.05) is 0 Å². The topological polar surface area (TPSA) is 66.6 Å². The van der Waals surface area contributed by atoms with Gasteiger partial charge in [-0.2, -0.15) is 0 Å². The molecule has 0 aromatic heterocycles. The van der Waals surface area contributed by atoms with Crippen molar-refractivity contribution in [1.82, 2.24) is 4.90 Å². The van der Waals surface area contributed by atoms with Crippen molar-refractivity contribution in [2.75, 3.05) is 19.6 Å². The van der Waals surface area contributed by atoms with Gasteiger partial charge >= 0.3 is 5.97 Å². The predicted octanol–water partition coefficient (Wildman–Crippen LogP) is -0.506. The highest BCUT2D eigenvalue weighted by molar-refractivity contribution is 5.67. The molecule has 1 atom stereocenters. The van der Waals surface area contributed by atoms with Crippen molar-refractivity contribution in [3.63, 3.8) is 0 Å². The molecule has 0 saturated carbocycles. The SMILES string of the molecule is NC(CC(=O)O)CN1CCC1. The van der Waals surface area contributed by atoms with Gasteiger partial charge in [0.25, 0.3) is 0 Å². The Labute approximate surface area is 66.0 Å². The molecule has 64 valence electrons. The predicted molar refractivity (Wildman–Crippen MR) is 41.3 cm³/mol. The molecule has 1 aliphatic heterocycles. The zero-order valence-corrected chi connectivity index (χ0v) is 6.49. The molecule has 3 N–H and O–H groups in total. The van der Waals surface area contributed by atoms with E-state index in [1.54, 1.807) is 0 Å². The summed E-state index contributed by atoms with van der Waals surface area (Å²) in [5, 5.41) is 8.39. The van der Waals surface area contributed by atoms with Gasteiger partial charge in [0, 0.05) is 12.6 Å². The lowest BCUT2D eigenvalue weighted by Gasteiger charge is -2.32. The van der Waals surface area contributed by atoms with Gasteiger partial charge in [-0.05, 0) is 19.5 Å². The average Bonchev–Trinajstić information content (AvgIpc) is 1.77. The van der Waals surface area contributed by atoms with Gasteiger partial charge in [-0.3, -0.25) is 4.79 Å². The summed E-state index contributed by atoms with van der Waals surface area (Å²) in [6, 6.07) is -0.201. The summed E-state index contributed by atoms with van der Waals surface area (Å²) in [7, 11) is 0. The molecule has 0 aromatic rings. The molecule has 1 saturated heterocycles. The van der Waals surface area contributed by atoms with Crippen LogP contribution in [0.3, 0.4) is 0 Å². The van der Waals surface area contributed by atoms with E-state index in [1.165, 1.54) is 6.42 Å². The van der Waals surface area contributed by atoms with Crippen LogP contribution in [0.15, 0.2) is 0 Å². The second kappa shape index (κ2) is 3.69. The molecule has 1 rings (SSSR count). The number of aliphatic carboxylic acids is 1. The van der Waals surface area contributed by atoms with Crippen LogP contribution in [0.1, 0.15) is 12.8 Å². The zero-order chi connectivity index (χ0) is 8.27. The van der Waals surface area contributed by atoms with Crippen LogP contribution in [0.5, 0.6) is 0 Å². The summed E-state index contributed by atoms with van der Waals surface area (Å²) in [5.41, 5.74) is 5.56. The van der Waals surface area contributed by atoms with Gasteiger partial charge in [0.15, 0.2) is 0 Å². The maximum Gasteiger partial charge on any atom is 0.304 e. The van der Waals surface area contributed by atoms with Gasteiger partial charge in [0.1, 0.15) is 0 Å². The Balaban J connectivity index is 2.09. The largest absolute Gasteiger partial charge is 0.481 e. The lowest BCUT2D eigenvalue weighted by Crippen LogP contribution is -2.45. The quantitative estimate of drug-likeness (QED) is 0.578. The standard InChI is InChI=1S/C7H14N2O2/c8-6(4-7(10)11)5-9-2-1-3-9/h6H,1-5,8H2,(H,10,11). The summed E-state index contributed by atoms with van der Waals surface area (Å²) in [6.07, 6.45) is 1.30. The van der Waals surface area contributed by atoms with E-state index in [4.69, 9.17) is 10.8 Å². The summed E-state index contributed by atoms with van der Waals surface area (Å²) in [5.74, 6) is -0.807. The van der Waals surface area contributed by atoms with Crippen LogP contribution in [0.2, 0.25) is 0 Å². The van der Waals surface area contributed by atoms with Crippen molar-refractivity contribution >= 4 is 5.97 Å². The molecule has 0 radical (unpaired) electrons. The molecule has 1 unspecified atom stereocenters. The molecule has 1 fully saturated rings. The van der Waals surface area contributed by atoms with Crippen molar-refractivity contribution < 1.29 is 9.90 Å². The third-order valence-corrected chi connectivity index (χ3v) is 1.88. The van der Waals surface area contributed by atoms with E-state index in [1.807, 2.05) is 0 Å². The van der Waals surface area contributed by atoms with Crippen LogP contribution in [0, 0.1) is 0 Å². The number of hydrogen-bond donors (Lipinski definition) is 2. The Morgan fingerprint density at radius 3 is 2.64 bits per heavy atom. The van der Waals surface area contributed by atoms with Gasteiger partial charge in [0.2, 0.25) is 0 Å². The van der Waals surface area contributed by atoms with E-state index in [0.717, 1.165) is 19.6 Å². The van der Waals surface area contributed by atoms with Crippen LogP contribution >= 0.6 is 0 Å². The molecule has 1 aliphatic rings. The maximum absolute atomic E-state index is 10.2. The minimum atomic E-state index is -0.807. The van der Waals surface area contributed by atoms with Crippen LogP contribution in [-0.2, 0) is 4.79 Å². The minimum absolute atomic E-state index is 0.0799. The number of rotatable bonds is 4. The van der Waals surface area contributed by atoms with E-state index in [2.05, 4.69) is 4.90 Å². The van der Waals surface area contributed by atoms with Crippen LogP contribution in [0.4, 0.5) is 0 Å². The van der Waals surface area contributed by atoms with E-state index >= 15 is 0 Å². The van der Waals surface area contributed by atoms with E-state index in [0.29, 0.717) is 0 Å². The monoisotopic (exact) mass is 158 g/mol. The number of hydrogen-bond acceptors (Lipinski definition) is 3.